The third-order valence-electron chi connectivity index (χ3n) is 3.59. The van der Waals surface area contributed by atoms with Gasteiger partial charge >= 0.3 is 0 Å². The summed E-state index contributed by atoms with van der Waals surface area (Å²) in [6, 6.07) is 6.17. The van der Waals surface area contributed by atoms with Crippen molar-refractivity contribution >= 4 is 11.4 Å². The summed E-state index contributed by atoms with van der Waals surface area (Å²) in [5, 5.41) is 32.5. The van der Waals surface area contributed by atoms with Gasteiger partial charge in [-0.2, -0.15) is 5.26 Å². The topological polar surface area (TPSA) is 99.2 Å². The molecule has 0 saturated heterocycles. The van der Waals surface area contributed by atoms with Crippen LogP contribution in [0.5, 0.6) is 0 Å². The molecule has 1 fully saturated rings. The molecule has 0 amide bonds. The fourth-order valence-electron chi connectivity index (χ4n) is 2.53. The lowest BCUT2D eigenvalue weighted by atomic mass is 9.98. The molecule has 19 heavy (non-hydrogen) atoms. The molecule has 6 nitrogen and oxygen atoms in total. The number of nitro benzene ring substituents is 1. The van der Waals surface area contributed by atoms with Crippen molar-refractivity contribution in [3.8, 4) is 6.07 Å². The first-order valence-electron chi connectivity index (χ1n) is 6.18. The number of nitriles is 1. The second kappa shape index (κ2) is 5.24. The van der Waals surface area contributed by atoms with Crippen molar-refractivity contribution in [1.29, 1.82) is 5.26 Å². The third-order valence-corrected chi connectivity index (χ3v) is 3.59. The van der Waals surface area contributed by atoms with E-state index < -0.39 is 10.5 Å². The van der Waals surface area contributed by atoms with Crippen molar-refractivity contribution in [3.63, 3.8) is 0 Å². The van der Waals surface area contributed by atoms with Crippen LogP contribution in [0.15, 0.2) is 18.2 Å². The van der Waals surface area contributed by atoms with E-state index in [1.165, 1.54) is 18.2 Å². The molecule has 1 aromatic carbocycles. The molecule has 1 aliphatic rings. The Morgan fingerprint density at radius 1 is 1.47 bits per heavy atom. The van der Waals surface area contributed by atoms with E-state index in [1.54, 1.807) is 0 Å². The molecule has 0 radical (unpaired) electrons. The predicted molar refractivity (Wildman–Crippen MR) is 69.7 cm³/mol. The van der Waals surface area contributed by atoms with Gasteiger partial charge < -0.3 is 10.4 Å². The average Bonchev–Trinajstić information content (AvgIpc) is 2.87. The molecule has 1 aromatic rings. The fraction of sp³-hybridized carbons (Fsp3) is 0.462. The van der Waals surface area contributed by atoms with E-state index in [1.807, 2.05) is 6.07 Å². The zero-order valence-corrected chi connectivity index (χ0v) is 10.4. The average molecular weight is 261 g/mol. The maximum Gasteiger partial charge on any atom is 0.292 e. The number of benzene rings is 1. The number of aliphatic hydroxyl groups is 1. The molecule has 0 bridgehead atoms. The number of rotatable bonds is 4. The van der Waals surface area contributed by atoms with Crippen LogP contribution in [0.4, 0.5) is 11.4 Å². The van der Waals surface area contributed by atoms with Gasteiger partial charge in [-0.05, 0) is 25.0 Å². The summed E-state index contributed by atoms with van der Waals surface area (Å²) in [6.07, 6.45) is 3.52. The Kier molecular flexibility index (Phi) is 3.67. The van der Waals surface area contributed by atoms with Crippen LogP contribution in [-0.4, -0.2) is 22.2 Å². The first-order chi connectivity index (χ1) is 9.10. The molecule has 0 atom stereocenters. The molecular weight excluding hydrogens is 246 g/mol. The zero-order valence-electron chi connectivity index (χ0n) is 10.4. The Morgan fingerprint density at radius 3 is 2.68 bits per heavy atom. The van der Waals surface area contributed by atoms with Gasteiger partial charge in [-0.25, -0.2) is 0 Å². The summed E-state index contributed by atoms with van der Waals surface area (Å²) in [6.45, 7) is -0.0685. The van der Waals surface area contributed by atoms with E-state index >= 15 is 0 Å². The van der Waals surface area contributed by atoms with Gasteiger partial charge in [-0.1, -0.05) is 12.8 Å². The minimum atomic E-state index is -0.501. The van der Waals surface area contributed by atoms with Crippen LogP contribution in [0.2, 0.25) is 0 Å². The van der Waals surface area contributed by atoms with Gasteiger partial charge in [-0.15, -0.1) is 0 Å². The monoisotopic (exact) mass is 261 g/mol. The zero-order chi connectivity index (χ0) is 13.9. The van der Waals surface area contributed by atoms with Crippen molar-refractivity contribution in [2.45, 2.75) is 31.2 Å². The molecule has 0 spiro atoms. The van der Waals surface area contributed by atoms with Crippen molar-refractivity contribution < 1.29 is 10.0 Å². The second-order valence-electron chi connectivity index (χ2n) is 4.87. The Bertz CT molecular complexity index is 530. The van der Waals surface area contributed by atoms with Crippen molar-refractivity contribution in [2.75, 3.05) is 11.9 Å². The maximum atomic E-state index is 11.0. The van der Waals surface area contributed by atoms with E-state index in [4.69, 9.17) is 5.26 Å². The summed E-state index contributed by atoms with van der Waals surface area (Å²) in [7, 11) is 0. The lowest BCUT2D eigenvalue weighted by Gasteiger charge is -2.29. The Labute approximate surface area is 110 Å². The van der Waals surface area contributed by atoms with Gasteiger partial charge in [0.25, 0.3) is 5.69 Å². The van der Waals surface area contributed by atoms with Gasteiger partial charge in [0, 0.05) is 6.07 Å². The molecule has 2 rings (SSSR count). The van der Waals surface area contributed by atoms with E-state index in [2.05, 4.69) is 5.32 Å². The minimum absolute atomic E-state index is 0.0685. The lowest BCUT2D eigenvalue weighted by molar-refractivity contribution is -0.384. The molecule has 100 valence electrons. The smallest absolute Gasteiger partial charge is 0.292 e. The lowest BCUT2D eigenvalue weighted by Crippen LogP contribution is -2.39. The number of nitro groups is 1. The molecular formula is C13H15N3O3. The molecule has 0 heterocycles. The van der Waals surface area contributed by atoms with E-state index in [9.17, 15) is 15.2 Å². The van der Waals surface area contributed by atoms with Crippen LogP contribution in [0.3, 0.4) is 0 Å². The molecule has 0 aromatic heterocycles. The number of hydrogen-bond donors (Lipinski definition) is 2. The number of nitrogens with one attached hydrogen (secondary N) is 1. The number of hydrogen-bond acceptors (Lipinski definition) is 5. The highest BCUT2D eigenvalue weighted by atomic mass is 16.6. The Morgan fingerprint density at radius 2 is 2.16 bits per heavy atom. The van der Waals surface area contributed by atoms with Crippen molar-refractivity contribution in [3.05, 3.63) is 33.9 Å². The number of nitrogens with zero attached hydrogens (tertiary/aromatic N) is 2. The van der Waals surface area contributed by atoms with E-state index in [-0.39, 0.29) is 12.3 Å². The Hall–Kier alpha value is -2.13. The third kappa shape index (κ3) is 2.66. The highest BCUT2D eigenvalue weighted by Gasteiger charge is 2.34. The highest BCUT2D eigenvalue weighted by Crippen LogP contribution is 2.36. The van der Waals surface area contributed by atoms with Crippen molar-refractivity contribution in [2.24, 2.45) is 0 Å². The highest BCUT2D eigenvalue weighted by molar-refractivity contribution is 5.65. The minimum Gasteiger partial charge on any atom is -0.394 e. The molecule has 2 N–H and O–H groups in total. The van der Waals surface area contributed by atoms with Gasteiger partial charge in [0.05, 0.1) is 28.7 Å². The van der Waals surface area contributed by atoms with E-state index in [0.717, 1.165) is 25.7 Å². The molecule has 1 saturated carbocycles. The van der Waals surface area contributed by atoms with Crippen molar-refractivity contribution in [1.82, 2.24) is 0 Å². The quantitative estimate of drug-likeness (QED) is 0.639. The first-order valence-corrected chi connectivity index (χ1v) is 6.18. The van der Waals surface area contributed by atoms with Crippen LogP contribution in [-0.2, 0) is 0 Å². The largest absolute Gasteiger partial charge is 0.394 e. The Balaban J connectivity index is 2.37. The van der Waals surface area contributed by atoms with Crippen LogP contribution in [0.25, 0.3) is 0 Å². The second-order valence-corrected chi connectivity index (χ2v) is 4.87. The van der Waals surface area contributed by atoms with Gasteiger partial charge in [0.15, 0.2) is 0 Å². The van der Waals surface area contributed by atoms with Crippen LogP contribution < -0.4 is 5.32 Å². The van der Waals surface area contributed by atoms with Gasteiger partial charge in [-0.3, -0.25) is 10.1 Å². The molecule has 6 heteroatoms. The normalized spacial score (nSPS) is 16.8. The standard InChI is InChI=1S/C13H15N3O3/c14-8-10-3-4-12(16(18)19)11(7-10)15-13(9-17)5-1-2-6-13/h3-4,7,15,17H,1-2,5-6,9H2. The van der Waals surface area contributed by atoms with Crippen LogP contribution in [0.1, 0.15) is 31.2 Å². The predicted octanol–water partition coefficient (Wildman–Crippen LogP) is 2.18. The molecule has 0 aliphatic heterocycles. The maximum absolute atomic E-state index is 11.0. The van der Waals surface area contributed by atoms with Crippen LogP contribution in [0, 0.1) is 21.4 Å². The summed E-state index contributed by atoms with van der Waals surface area (Å²) in [5.41, 5.74) is 0.0941. The van der Waals surface area contributed by atoms with Gasteiger partial charge in [0.1, 0.15) is 5.69 Å². The van der Waals surface area contributed by atoms with E-state index in [0.29, 0.717) is 11.3 Å². The SMILES string of the molecule is N#Cc1ccc([N+](=O)[O-])c(NC2(CO)CCCC2)c1. The number of anilines is 1. The first kappa shape index (κ1) is 13.3. The summed E-state index contributed by atoms with van der Waals surface area (Å²) < 4.78 is 0. The molecule has 1 aliphatic carbocycles. The molecule has 0 unspecified atom stereocenters. The summed E-state index contributed by atoms with van der Waals surface area (Å²) in [5.74, 6) is 0. The summed E-state index contributed by atoms with van der Waals surface area (Å²) in [4.78, 5) is 10.5. The fourth-order valence-corrected chi connectivity index (χ4v) is 2.53. The number of aliphatic hydroxyl groups excluding tert-OH is 1. The van der Waals surface area contributed by atoms with Gasteiger partial charge in [0.2, 0.25) is 0 Å². The summed E-state index contributed by atoms with van der Waals surface area (Å²) >= 11 is 0. The van der Waals surface area contributed by atoms with Crippen LogP contribution >= 0.6 is 0 Å².